The fourth-order valence-electron chi connectivity index (χ4n) is 1.79. The minimum Gasteiger partial charge on any atom is -0.300 e. The highest BCUT2D eigenvalue weighted by atomic mass is 35.5. The Morgan fingerprint density at radius 2 is 2.06 bits per heavy atom. The van der Waals surface area contributed by atoms with Gasteiger partial charge in [0.1, 0.15) is 5.01 Å². The molecule has 0 amide bonds. The molecule has 1 heterocycles. The lowest BCUT2D eigenvalue weighted by atomic mass is 9.94. The molecule has 1 aromatic carbocycles. The van der Waals surface area contributed by atoms with Crippen LogP contribution in [0.25, 0.3) is 0 Å². The molecule has 4 heteroatoms. The summed E-state index contributed by atoms with van der Waals surface area (Å²) in [6, 6.07) is 10.3. The summed E-state index contributed by atoms with van der Waals surface area (Å²) < 4.78 is 0. The van der Waals surface area contributed by atoms with E-state index in [0.717, 1.165) is 17.2 Å². The first-order chi connectivity index (χ1) is 8.64. The zero-order valence-electron chi connectivity index (χ0n) is 10.6. The van der Waals surface area contributed by atoms with Crippen molar-refractivity contribution < 1.29 is 0 Å². The number of alkyl halides is 1. The molecule has 0 saturated heterocycles. The topological polar surface area (TPSA) is 24.9 Å². The van der Waals surface area contributed by atoms with Gasteiger partial charge in [-0.15, -0.1) is 22.9 Å². The average molecular weight is 281 g/mol. The van der Waals surface area contributed by atoms with Gasteiger partial charge in [-0.2, -0.15) is 0 Å². The van der Waals surface area contributed by atoms with E-state index in [-0.39, 0.29) is 5.54 Å². The molecule has 1 atom stereocenters. The largest absolute Gasteiger partial charge is 0.300 e. The number of hydrogen-bond acceptors (Lipinski definition) is 3. The highest BCUT2D eigenvalue weighted by Gasteiger charge is 2.24. The highest BCUT2D eigenvalue weighted by molar-refractivity contribution is 7.09. The smallest absolute Gasteiger partial charge is 0.107 e. The quantitative estimate of drug-likeness (QED) is 0.845. The summed E-state index contributed by atoms with van der Waals surface area (Å²) in [5.74, 6) is 0.529. The molecule has 0 aliphatic heterocycles. The van der Waals surface area contributed by atoms with E-state index in [9.17, 15) is 0 Å². The Bertz CT molecular complexity index is 498. The number of aromatic nitrogens is 1. The molecule has 0 bridgehead atoms. The Morgan fingerprint density at radius 1 is 1.33 bits per heavy atom. The summed E-state index contributed by atoms with van der Waals surface area (Å²) >= 11 is 7.81. The molecular formula is C14H17ClN2S. The van der Waals surface area contributed by atoms with E-state index in [1.165, 1.54) is 5.56 Å². The van der Waals surface area contributed by atoms with Crippen LogP contribution in [-0.2, 0) is 12.1 Å². The fourth-order valence-corrected chi connectivity index (χ4v) is 2.75. The van der Waals surface area contributed by atoms with Gasteiger partial charge in [-0.05, 0) is 19.4 Å². The van der Waals surface area contributed by atoms with Gasteiger partial charge in [0.05, 0.1) is 5.54 Å². The molecule has 0 saturated carbocycles. The second-order valence-electron chi connectivity index (χ2n) is 4.57. The number of nitrogens with one attached hydrogen (secondary N) is 1. The summed E-state index contributed by atoms with van der Waals surface area (Å²) in [7, 11) is 0. The van der Waals surface area contributed by atoms with Crippen molar-refractivity contribution in [1.29, 1.82) is 0 Å². The van der Waals surface area contributed by atoms with Crippen LogP contribution in [0.15, 0.2) is 35.7 Å². The van der Waals surface area contributed by atoms with E-state index in [2.05, 4.69) is 34.7 Å². The van der Waals surface area contributed by atoms with Crippen molar-refractivity contribution in [3.8, 4) is 0 Å². The second-order valence-corrected chi connectivity index (χ2v) is 5.78. The average Bonchev–Trinajstić information content (AvgIpc) is 2.83. The fraction of sp³-hybridized carbons (Fsp3) is 0.357. The molecule has 1 aromatic heterocycles. The molecule has 0 aliphatic rings. The Labute approximate surface area is 117 Å². The third kappa shape index (κ3) is 3.10. The highest BCUT2D eigenvalue weighted by Crippen LogP contribution is 2.23. The van der Waals surface area contributed by atoms with Crippen molar-refractivity contribution in [3.63, 3.8) is 0 Å². The standard InChI is InChI=1S/C14H17ClN2S/c1-11-9-18-13(17-11)8-16-14(2,10-15)12-6-4-3-5-7-12/h3-7,9,16H,8,10H2,1-2H3. The van der Waals surface area contributed by atoms with E-state index in [1.807, 2.05) is 25.1 Å². The second kappa shape index (κ2) is 5.83. The first-order valence-corrected chi connectivity index (χ1v) is 7.33. The SMILES string of the molecule is Cc1csc(CNC(C)(CCl)c2ccccc2)n1. The third-order valence-corrected chi connectivity index (χ3v) is 4.48. The maximum absolute atomic E-state index is 6.14. The lowest BCUT2D eigenvalue weighted by molar-refractivity contribution is 0.406. The van der Waals surface area contributed by atoms with Crippen LogP contribution in [0.4, 0.5) is 0 Å². The van der Waals surface area contributed by atoms with Gasteiger partial charge < -0.3 is 5.32 Å². The number of halogens is 1. The minimum atomic E-state index is -0.220. The molecule has 1 unspecified atom stereocenters. The molecule has 0 fully saturated rings. The maximum Gasteiger partial charge on any atom is 0.107 e. The number of thiazole rings is 1. The van der Waals surface area contributed by atoms with Crippen molar-refractivity contribution in [1.82, 2.24) is 10.3 Å². The van der Waals surface area contributed by atoms with E-state index in [4.69, 9.17) is 11.6 Å². The first kappa shape index (κ1) is 13.5. The summed E-state index contributed by atoms with van der Waals surface area (Å²) in [5, 5.41) is 6.67. The molecule has 1 N–H and O–H groups in total. The summed E-state index contributed by atoms with van der Waals surface area (Å²) in [6.45, 7) is 4.88. The van der Waals surface area contributed by atoms with Crippen molar-refractivity contribution in [2.45, 2.75) is 25.9 Å². The number of hydrogen-bond donors (Lipinski definition) is 1. The van der Waals surface area contributed by atoms with Gasteiger partial charge in [0.2, 0.25) is 0 Å². The zero-order chi connectivity index (χ0) is 13.0. The Hall–Kier alpha value is -0.900. The molecule has 18 heavy (non-hydrogen) atoms. The van der Waals surface area contributed by atoms with Crippen LogP contribution in [0, 0.1) is 6.92 Å². The molecule has 0 aliphatic carbocycles. The van der Waals surface area contributed by atoms with Crippen LogP contribution >= 0.6 is 22.9 Å². The van der Waals surface area contributed by atoms with E-state index >= 15 is 0 Å². The zero-order valence-corrected chi connectivity index (χ0v) is 12.2. The van der Waals surface area contributed by atoms with Crippen LogP contribution in [0.2, 0.25) is 0 Å². The number of nitrogens with zero attached hydrogens (tertiary/aromatic N) is 1. The Morgan fingerprint density at radius 3 is 2.61 bits per heavy atom. The van der Waals surface area contributed by atoms with E-state index in [0.29, 0.717) is 5.88 Å². The van der Waals surface area contributed by atoms with Crippen molar-refractivity contribution >= 4 is 22.9 Å². The van der Waals surface area contributed by atoms with Crippen molar-refractivity contribution in [2.24, 2.45) is 0 Å². The van der Waals surface area contributed by atoms with Crippen LogP contribution < -0.4 is 5.32 Å². The van der Waals surface area contributed by atoms with Crippen LogP contribution in [0.3, 0.4) is 0 Å². The number of rotatable bonds is 5. The van der Waals surface area contributed by atoms with E-state index < -0.39 is 0 Å². The van der Waals surface area contributed by atoms with Gasteiger partial charge >= 0.3 is 0 Å². The molecule has 2 rings (SSSR count). The molecule has 0 radical (unpaired) electrons. The molecule has 2 aromatic rings. The van der Waals surface area contributed by atoms with Gasteiger partial charge in [0, 0.05) is 23.5 Å². The lowest BCUT2D eigenvalue weighted by Gasteiger charge is -2.29. The summed E-state index contributed by atoms with van der Waals surface area (Å²) in [4.78, 5) is 4.45. The molecule has 96 valence electrons. The summed E-state index contributed by atoms with van der Waals surface area (Å²) in [5.41, 5.74) is 2.06. The molecular weight excluding hydrogens is 264 g/mol. The lowest BCUT2D eigenvalue weighted by Crippen LogP contribution is -2.40. The molecule has 0 spiro atoms. The Balaban J connectivity index is 2.09. The van der Waals surface area contributed by atoms with Crippen LogP contribution in [0.1, 0.15) is 23.2 Å². The number of aryl methyl sites for hydroxylation is 1. The van der Waals surface area contributed by atoms with Gasteiger partial charge in [-0.25, -0.2) is 4.98 Å². The van der Waals surface area contributed by atoms with Crippen molar-refractivity contribution in [3.05, 3.63) is 52.0 Å². The predicted molar refractivity (Wildman–Crippen MR) is 78.2 cm³/mol. The third-order valence-electron chi connectivity index (χ3n) is 2.97. The minimum absolute atomic E-state index is 0.220. The van der Waals surface area contributed by atoms with Crippen molar-refractivity contribution in [2.75, 3.05) is 5.88 Å². The Kier molecular flexibility index (Phi) is 4.38. The first-order valence-electron chi connectivity index (χ1n) is 5.91. The number of benzene rings is 1. The van der Waals surface area contributed by atoms with Crippen LogP contribution in [-0.4, -0.2) is 10.9 Å². The van der Waals surface area contributed by atoms with Crippen LogP contribution in [0.5, 0.6) is 0 Å². The van der Waals surface area contributed by atoms with Gasteiger partial charge in [-0.3, -0.25) is 0 Å². The van der Waals surface area contributed by atoms with Gasteiger partial charge in [-0.1, -0.05) is 30.3 Å². The maximum atomic E-state index is 6.14. The van der Waals surface area contributed by atoms with Gasteiger partial charge in [0.15, 0.2) is 0 Å². The van der Waals surface area contributed by atoms with E-state index in [1.54, 1.807) is 11.3 Å². The normalized spacial score (nSPS) is 14.4. The summed E-state index contributed by atoms with van der Waals surface area (Å²) in [6.07, 6.45) is 0. The monoisotopic (exact) mass is 280 g/mol. The molecule has 2 nitrogen and oxygen atoms in total. The predicted octanol–water partition coefficient (Wildman–Crippen LogP) is 3.70. The van der Waals surface area contributed by atoms with Gasteiger partial charge in [0.25, 0.3) is 0 Å².